The Kier molecular flexibility index (Phi) is 11.2. The minimum Gasteiger partial charge on any atom is -0.393 e. The van der Waals surface area contributed by atoms with Crippen LogP contribution in [0.25, 0.3) is 0 Å². The Morgan fingerprint density at radius 1 is 1.17 bits per heavy atom. The summed E-state index contributed by atoms with van der Waals surface area (Å²) in [6.45, 7) is 8.60. The summed E-state index contributed by atoms with van der Waals surface area (Å²) in [6, 6.07) is 7.25. The molecule has 1 aromatic rings. The zero-order valence-electron chi connectivity index (χ0n) is 18.0. The summed E-state index contributed by atoms with van der Waals surface area (Å²) in [5.41, 5.74) is 0.967. The highest BCUT2D eigenvalue weighted by molar-refractivity contribution is 14.0. The Bertz CT molecular complexity index is 646. The summed E-state index contributed by atoms with van der Waals surface area (Å²) in [7, 11) is 0. The Labute approximate surface area is 197 Å². The zero-order valence-corrected chi connectivity index (χ0v) is 20.4. The van der Waals surface area contributed by atoms with Crippen molar-refractivity contribution < 1.29 is 9.50 Å². The summed E-state index contributed by atoms with van der Waals surface area (Å²) in [4.78, 5) is 9.42. The molecule has 0 spiro atoms. The summed E-state index contributed by atoms with van der Waals surface area (Å²) in [5, 5.41) is 16.5. The Morgan fingerprint density at radius 3 is 2.57 bits per heavy atom. The van der Waals surface area contributed by atoms with Gasteiger partial charge in [0.1, 0.15) is 5.82 Å². The Hall–Kier alpha value is -1.13. The molecule has 2 aliphatic rings. The van der Waals surface area contributed by atoms with Gasteiger partial charge in [-0.3, -0.25) is 4.99 Å². The number of aliphatic imine (C=N–C) groups is 1. The molecule has 0 radical (unpaired) electrons. The van der Waals surface area contributed by atoms with Crippen LogP contribution in [0.2, 0.25) is 0 Å². The molecule has 0 atom stereocenters. The number of aliphatic hydroxyl groups excluding tert-OH is 1. The molecule has 2 saturated heterocycles. The molecule has 2 aliphatic heterocycles. The van der Waals surface area contributed by atoms with Gasteiger partial charge in [-0.05, 0) is 63.8 Å². The second-order valence-corrected chi connectivity index (χ2v) is 8.07. The van der Waals surface area contributed by atoms with Gasteiger partial charge in [0.15, 0.2) is 5.96 Å². The number of halogens is 2. The number of rotatable bonds is 7. The van der Waals surface area contributed by atoms with Gasteiger partial charge in [0.25, 0.3) is 0 Å². The van der Waals surface area contributed by atoms with E-state index in [-0.39, 0.29) is 35.9 Å². The van der Waals surface area contributed by atoms with Crippen molar-refractivity contribution in [3.63, 3.8) is 0 Å². The molecular formula is C22H37FIN5O. The molecule has 0 aliphatic carbocycles. The Balaban J connectivity index is 0.00000320. The van der Waals surface area contributed by atoms with E-state index in [1.54, 1.807) is 12.1 Å². The Morgan fingerprint density at radius 2 is 1.90 bits per heavy atom. The van der Waals surface area contributed by atoms with Gasteiger partial charge in [-0.25, -0.2) is 4.39 Å². The second-order valence-electron chi connectivity index (χ2n) is 8.07. The smallest absolute Gasteiger partial charge is 0.191 e. The number of anilines is 1. The minimum absolute atomic E-state index is 0. The fourth-order valence-corrected chi connectivity index (χ4v) is 4.10. The van der Waals surface area contributed by atoms with Gasteiger partial charge in [-0.2, -0.15) is 0 Å². The maximum absolute atomic E-state index is 13.5. The first kappa shape index (κ1) is 25.1. The highest BCUT2D eigenvalue weighted by atomic mass is 127. The average molecular weight is 533 g/mol. The van der Waals surface area contributed by atoms with E-state index in [1.807, 2.05) is 6.07 Å². The maximum Gasteiger partial charge on any atom is 0.191 e. The van der Waals surface area contributed by atoms with Gasteiger partial charge in [0.2, 0.25) is 0 Å². The van der Waals surface area contributed by atoms with Crippen molar-refractivity contribution in [1.29, 1.82) is 0 Å². The number of guanidine groups is 1. The first-order chi connectivity index (χ1) is 14.1. The number of hydrogen-bond acceptors (Lipinski definition) is 4. The van der Waals surface area contributed by atoms with Gasteiger partial charge in [0, 0.05) is 51.0 Å². The van der Waals surface area contributed by atoms with Crippen molar-refractivity contribution in [2.24, 2.45) is 4.99 Å². The molecule has 1 aromatic carbocycles. The number of piperidine rings is 2. The van der Waals surface area contributed by atoms with E-state index >= 15 is 0 Å². The molecule has 30 heavy (non-hydrogen) atoms. The zero-order chi connectivity index (χ0) is 20.5. The third kappa shape index (κ3) is 8.19. The van der Waals surface area contributed by atoms with Gasteiger partial charge < -0.3 is 25.5 Å². The summed E-state index contributed by atoms with van der Waals surface area (Å²) >= 11 is 0. The molecule has 6 nitrogen and oxygen atoms in total. The predicted octanol–water partition coefficient (Wildman–Crippen LogP) is 2.81. The molecule has 8 heteroatoms. The number of hydrogen-bond donors (Lipinski definition) is 3. The summed E-state index contributed by atoms with van der Waals surface area (Å²) in [5.74, 6) is 0.718. The van der Waals surface area contributed by atoms with Crippen molar-refractivity contribution in [2.45, 2.75) is 51.2 Å². The van der Waals surface area contributed by atoms with E-state index in [2.05, 4.69) is 27.4 Å². The normalized spacial score (nSPS) is 19.4. The van der Waals surface area contributed by atoms with E-state index in [0.717, 1.165) is 89.6 Å². The van der Waals surface area contributed by atoms with Crippen LogP contribution in [-0.2, 0) is 0 Å². The topological polar surface area (TPSA) is 63.1 Å². The van der Waals surface area contributed by atoms with Crippen LogP contribution >= 0.6 is 24.0 Å². The standard InChI is InChI=1S/C22H36FN5O.HI/c1-2-24-22(25-11-4-12-27-13-9-21(29)10-14-27)26-19-7-15-28(16-8-19)20-6-3-5-18(23)17-20;/h3,5-6,17,19,21,29H,2,4,7-16H2,1H3,(H2,24,25,26);1H. The lowest BCUT2D eigenvalue weighted by atomic mass is 10.0. The molecule has 0 bridgehead atoms. The van der Waals surface area contributed by atoms with Crippen molar-refractivity contribution in [2.75, 3.05) is 50.7 Å². The lowest BCUT2D eigenvalue weighted by molar-refractivity contribution is 0.0824. The number of nitrogens with one attached hydrogen (secondary N) is 2. The molecule has 0 amide bonds. The van der Waals surface area contributed by atoms with Crippen molar-refractivity contribution in [3.8, 4) is 0 Å². The van der Waals surface area contributed by atoms with Crippen LogP contribution in [-0.4, -0.2) is 73.9 Å². The van der Waals surface area contributed by atoms with Crippen LogP contribution in [0.1, 0.15) is 39.0 Å². The number of aliphatic hydroxyl groups is 1. The largest absolute Gasteiger partial charge is 0.393 e. The van der Waals surface area contributed by atoms with E-state index in [9.17, 15) is 9.50 Å². The average Bonchev–Trinajstić information content (AvgIpc) is 2.73. The monoisotopic (exact) mass is 533 g/mol. The molecular weight excluding hydrogens is 496 g/mol. The van der Waals surface area contributed by atoms with Crippen LogP contribution in [0.5, 0.6) is 0 Å². The summed E-state index contributed by atoms with van der Waals surface area (Å²) < 4.78 is 13.5. The maximum atomic E-state index is 13.5. The molecule has 2 fully saturated rings. The van der Waals surface area contributed by atoms with Gasteiger partial charge in [-0.1, -0.05) is 6.07 Å². The van der Waals surface area contributed by atoms with Crippen molar-refractivity contribution in [1.82, 2.24) is 15.5 Å². The van der Waals surface area contributed by atoms with E-state index in [4.69, 9.17) is 4.99 Å². The highest BCUT2D eigenvalue weighted by Gasteiger charge is 2.20. The van der Waals surface area contributed by atoms with Gasteiger partial charge in [0.05, 0.1) is 6.10 Å². The number of likely N-dealkylation sites (tertiary alicyclic amines) is 1. The van der Waals surface area contributed by atoms with Crippen LogP contribution in [0, 0.1) is 5.82 Å². The number of benzene rings is 1. The van der Waals surface area contributed by atoms with Crippen molar-refractivity contribution in [3.05, 3.63) is 30.1 Å². The van der Waals surface area contributed by atoms with E-state index in [0.29, 0.717) is 6.04 Å². The van der Waals surface area contributed by atoms with E-state index in [1.165, 1.54) is 6.07 Å². The minimum atomic E-state index is -0.176. The third-order valence-electron chi connectivity index (χ3n) is 5.81. The molecule has 3 rings (SSSR count). The second kappa shape index (κ2) is 13.3. The molecule has 3 N–H and O–H groups in total. The lowest BCUT2D eigenvalue weighted by Gasteiger charge is -2.34. The first-order valence-electron chi connectivity index (χ1n) is 11.1. The molecule has 0 aromatic heterocycles. The number of nitrogens with zero attached hydrogens (tertiary/aromatic N) is 3. The molecule has 0 unspecified atom stereocenters. The summed E-state index contributed by atoms with van der Waals surface area (Å²) in [6.07, 6.45) is 4.73. The van der Waals surface area contributed by atoms with Gasteiger partial charge >= 0.3 is 0 Å². The van der Waals surface area contributed by atoms with Crippen LogP contribution < -0.4 is 15.5 Å². The molecule has 0 saturated carbocycles. The third-order valence-corrected chi connectivity index (χ3v) is 5.81. The predicted molar refractivity (Wildman–Crippen MR) is 132 cm³/mol. The quantitative estimate of drug-likeness (QED) is 0.218. The fraction of sp³-hybridized carbons (Fsp3) is 0.682. The first-order valence-corrected chi connectivity index (χ1v) is 11.1. The lowest BCUT2D eigenvalue weighted by Crippen LogP contribution is -2.48. The van der Waals surface area contributed by atoms with Crippen LogP contribution in [0.15, 0.2) is 29.3 Å². The van der Waals surface area contributed by atoms with Crippen LogP contribution in [0.4, 0.5) is 10.1 Å². The fourth-order valence-electron chi connectivity index (χ4n) is 4.10. The highest BCUT2D eigenvalue weighted by Crippen LogP contribution is 2.20. The molecule has 2 heterocycles. The van der Waals surface area contributed by atoms with E-state index < -0.39 is 0 Å². The van der Waals surface area contributed by atoms with Crippen LogP contribution in [0.3, 0.4) is 0 Å². The van der Waals surface area contributed by atoms with Gasteiger partial charge in [-0.15, -0.1) is 24.0 Å². The van der Waals surface area contributed by atoms with Crippen molar-refractivity contribution >= 4 is 35.6 Å². The SMILES string of the molecule is CCNC(=NCCCN1CCC(O)CC1)NC1CCN(c2cccc(F)c2)CC1.I. The molecule has 170 valence electrons.